The molecule has 0 amide bonds. The first-order chi connectivity index (χ1) is 10.0. The molecule has 21 heavy (non-hydrogen) atoms. The Morgan fingerprint density at radius 3 is 2.67 bits per heavy atom. The van der Waals surface area contributed by atoms with Gasteiger partial charge >= 0.3 is 0 Å². The smallest absolute Gasteiger partial charge is 0.123 e. The predicted molar refractivity (Wildman–Crippen MR) is 84.6 cm³/mol. The Balaban J connectivity index is 2.36. The molecule has 0 fully saturated rings. The molecule has 1 N–H and O–H groups in total. The molecule has 2 aromatic carbocycles. The van der Waals surface area contributed by atoms with Gasteiger partial charge in [0, 0.05) is 16.6 Å². The number of benzene rings is 2. The Labute approximate surface area is 129 Å². The Bertz CT molecular complexity index is 630. The third-order valence-corrected chi connectivity index (χ3v) is 3.89. The molecule has 0 heterocycles. The minimum absolute atomic E-state index is 0.000787. The van der Waals surface area contributed by atoms with Gasteiger partial charge in [0.05, 0.1) is 7.11 Å². The van der Waals surface area contributed by atoms with Crippen molar-refractivity contribution < 1.29 is 9.13 Å². The van der Waals surface area contributed by atoms with Crippen LogP contribution in [0.4, 0.5) is 4.39 Å². The van der Waals surface area contributed by atoms with E-state index < -0.39 is 0 Å². The van der Waals surface area contributed by atoms with Crippen LogP contribution in [-0.2, 0) is 6.42 Å². The van der Waals surface area contributed by atoms with Crippen LogP contribution in [0, 0.1) is 12.7 Å². The van der Waals surface area contributed by atoms with Gasteiger partial charge in [-0.15, -0.1) is 0 Å². The van der Waals surface area contributed by atoms with Crippen molar-refractivity contribution in [3.05, 3.63) is 63.9 Å². The van der Waals surface area contributed by atoms with Crippen molar-refractivity contribution in [1.82, 2.24) is 5.32 Å². The van der Waals surface area contributed by atoms with E-state index in [4.69, 9.17) is 16.3 Å². The number of aryl methyl sites for hydroxylation is 1. The molecule has 0 aliphatic rings. The summed E-state index contributed by atoms with van der Waals surface area (Å²) in [4.78, 5) is 0. The highest BCUT2D eigenvalue weighted by molar-refractivity contribution is 6.30. The Hall–Kier alpha value is -1.58. The molecular weight excluding hydrogens is 289 g/mol. The van der Waals surface area contributed by atoms with Gasteiger partial charge in [-0.25, -0.2) is 4.39 Å². The summed E-state index contributed by atoms with van der Waals surface area (Å²) in [5.74, 6) is 0.552. The molecule has 0 aliphatic heterocycles. The minimum Gasteiger partial charge on any atom is -0.496 e. The van der Waals surface area contributed by atoms with Crippen LogP contribution in [-0.4, -0.2) is 14.2 Å². The zero-order chi connectivity index (χ0) is 15.4. The largest absolute Gasteiger partial charge is 0.496 e. The van der Waals surface area contributed by atoms with E-state index in [0.29, 0.717) is 11.4 Å². The van der Waals surface area contributed by atoms with Crippen LogP contribution in [0.15, 0.2) is 36.4 Å². The molecule has 0 spiro atoms. The van der Waals surface area contributed by atoms with Crippen molar-refractivity contribution in [2.24, 2.45) is 0 Å². The number of ether oxygens (including phenoxy) is 1. The predicted octanol–water partition coefficient (Wildman–Crippen LogP) is 4.30. The van der Waals surface area contributed by atoms with E-state index in [9.17, 15) is 4.39 Å². The Morgan fingerprint density at radius 2 is 2.00 bits per heavy atom. The molecule has 2 aromatic rings. The lowest BCUT2D eigenvalue weighted by Gasteiger charge is -2.21. The molecule has 0 aliphatic carbocycles. The summed E-state index contributed by atoms with van der Waals surface area (Å²) in [6, 6.07) is 10.4. The van der Waals surface area contributed by atoms with Crippen molar-refractivity contribution in [3.8, 4) is 5.75 Å². The van der Waals surface area contributed by atoms with Crippen molar-refractivity contribution in [2.45, 2.75) is 19.4 Å². The second kappa shape index (κ2) is 6.92. The van der Waals surface area contributed by atoms with E-state index in [1.165, 1.54) is 6.07 Å². The van der Waals surface area contributed by atoms with Crippen LogP contribution < -0.4 is 10.1 Å². The lowest BCUT2D eigenvalue weighted by atomic mass is 9.95. The first-order valence-corrected chi connectivity index (χ1v) is 7.18. The number of nitrogens with one attached hydrogen (secondary N) is 1. The van der Waals surface area contributed by atoms with E-state index in [1.807, 2.05) is 26.1 Å². The highest BCUT2D eigenvalue weighted by Crippen LogP contribution is 2.30. The van der Waals surface area contributed by atoms with Gasteiger partial charge in [0.2, 0.25) is 0 Å². The first kappa shape index (κ1) is 15.8. The lowest BCUT2D eigenvalue weighted by Crippen LogP contribution is -2.20. The molecule has 1 unspecified atom stereocenters. The fraction of sp³-hybridized carbons (Fsp3) is 0.294. The van der Waals surface area contributed by atoms with Crippen LogP contribution in [0.25, 0.3) is 0 Å². The summed E-state index contributed by atoms with van der Waals surface area (Å²) < 4.78 is 18.8. The molecule has 2 nitrogen and oxygen atoms in total. The van der Waals surface area contributed by atoms with E-state index >= 15 is 0 Å². The molecular formula is C17H19ClFNO. The molecule has 4 heteroatoms. The topological polar surface area (TPSA) is 21.3 Å². The zero-order valence-corrected chi connectivity index (χ0v) is 13.2. The van der Waals surface area contributed by atoms with Crippen molar-refractivity contribution in [2.75, 3.05) is 14.2 Å². The van der Waals surface area contributed by atoms with E-state index in [-0.39, 0.29) is 11.9 Å². The third-order valence-electron chi connectivity index (χ3n) is 3.65. The lowest BCUT2D eigenvalue weighted by molar-refractivity contribution is 0.401. The van der Waals surface area contributed by atoms with E-state index in [2.05, 4.69) is 5.32 Å². The number of halogens is 2. The molecule has 112 valence electrons. The molecule has 1 atom stereocenters. The third kappa shape index (κ3) is 3.74. The van der Waals surface area contributed by atoms with Crippen molar-refractivity contribution >= 4 is 11.6 Å². The van der Waals surface area contributed by atoms with E-state index in [1.54, 1.807) is 25.3 Å². The SMILES string of the molecule is CNC(Cc1cc(F)ccc1C)c1cc(Cl)ccc1OC. The fourth-order valence-electron chi connectivity index (χ4n) is 2.42. The molecule has 0 bridgehead atoms. The quantitative estimate of drug-likeness (QED) is 0.889. The molecule has 0 saturated carbocycles. The average Bonchev–Trinajstić information content (AvgIpc) is 2.48. The van der Waals surface area contributed by atoms with Crippen molar-refractivity contribution in [3.63, 3.8) is 0 Å². The van der Waals surface area contributed by atoms with Crippen LogP contribution in [0.3, 0.4) is 0 Å². The highest BCUT2D eigenvalue weighted by Gasteiger charge is 2.17. The van der Waals surface area contributed by atoms with Gasteiger partial charge in [-0.1, -0.05) is 17.7 Å². The molecule has 2 rings (SSSR count). The normalized spacial score (nSPS) is 12.2. The monoisotopic (exact) mass is 307 g/mol. The van der Waals surface area contributed by atoms with Gasteiger partial charge in [-0.05, 0) is 61.9 Å². The van der Waals surface area contributed by atoms with Crippen LogP contribution >= 0.6 is 11.6 Å². The summed E-state index contributed by atoms with van der Waals surface area (Å²) in [5, 5.41) is 3.91. The number of rotatable bonds is 5. The standard InChI is InChI=1S/C17H19ClFNO/c1-11-4-6-14(19)8-12(11)9-16(20-2)15-10-13(18)5-7-17(15)21-3/h4-8,10,16,20H,9H2,1-3H3. The second-order valence-corrected chi connectivity index (χ2v) is 5.44. The Kier molecular flexibility index (Phi) is 5.21. The van der Waals surface area contributed by atoms with Gasteiger partial charge in [-0.2, -0.15) is 0 Å². The van der Waals surface area contributed by atoms with Gasteiger partial charge in [0.15, 0.2) is 0 Å². The number of likely N-dealkylation sites (N-methyl/N-ethyl adjacent to an activating group) is 1. The second-order valence-electron chi connectivity index (χ2n) is 5.00. The zero-order valence-electron chi connectivity index (χ0n) is 12.4. The first-order valence-electron chi connectivity index (χ1n) is 6.81. The summed E-state index contributed by atoms with van der Waals surface area (Å²) >= 11 is 6.09. The van der Waals surface area contributed by atoms with Crippen LogP contribution in [0.5, 0.6) is 5.75 Å². The van der Waals surface area contributed by atoms with Crippen LogP contribution in [0.2, 0.25) is 5.02 Å². The Morgan fingerprint density at radius 1 is 1.24 bits per heavy atom. The van der Waals surface area contributed by atoms with Crippen LogP contribution in [0.1, 0.15) is 22.7 Å². The summed E-state index contributed by atoms with van der Waals surface area (Å²) in [6.45, 7) is 1.98. The summed E-state index contributed by atoms with van der Waals surface area (Å²) in [7, 11) is 3.51. The maximum absolute atomic E-state index is 13.4. The highest BCUT2D eigenvalue weighted by atomic mass is 35.5. The van der Waals surface area contributed by atoms with Gasteiger partial charge in [0.25, 0.3) is 0 Å². The van der Waals surface area contributed by atoms with Gasteiger partial charge < -0.3 is 10.1 Å². The average molecular weight is 308 g/mol. The molecule has 0 aromatic heterocycles. The summed E-state index contributed by atoms with van der Waals surface area (Å²) in [5.41, 5.74) is 3.00. The summed E-state index contributed by atoms with van der Waals surface area (Å²) in [6.07, 6.45) is 0.663. The van der Waals surface area contributed by atoms with Gasteiger partial charge in [-0.3, -0.25) is 0 Å². The minimum atomic E-state index is -0.219. The van der Waals surface area contributed by atoms with E-state index in [0.717, 1.165) is 22.4 Å². The number of hydrogen-bond donors (Lipinski definition) is 1. The van der Waals surface area contributed by atoms with Crippen molar-refractivity contribution in [1.29, 1.82) is 0 Å². The molecule has 0 saturated heterocycles. The maximum atomic E-state index is 13.4. The number of hydrogen-bond acceptors (Lipinski definition) is 2. The fourth-order valence-corrected chi connectivity index (χ4v) is 2.61. The molecule has 0 radical (unpaired) electrons. The van der Waals surface area contributed by atoms with Gasteiger partial charge in [0.1, 0.15) is 11.6 Å². The number of methoxy groups -OCH3 is 1. The maximum Gasteiger partial charge on any atom is 0.123 e.